The van der Waals surface area contributed by atoms with Crippen molar-refractivity contribution in [2.45, 2.75) is 50.7 Å². The van der Waals surface area contributed by atoms with Gasteiger partial charge in [0.1, 0.15) is 12.6 Å². The molecule has 0 aromatic heterocycles. The summed E-state index contributed by atoms with van der Waals surface area (Å²) >= 11 is 9.49. The molecule has 9 nitrogen and oxygen atoms in total. The Hall–Kier alpha value is -3.28. The molecule has 12 heteroatoms. The van der Waals surface area contributed by atoms with E-state index in [9.17, 15) is 18.0 Å². The van der Waals surface area contributed by atoms with Gasteiger partial charge < -0.3 is 19.7 Å². The van der Waals surface area contributed by atoms with Gasteiger partial charge in [-0.15, -0.1) is 0 Å². The van der Waals surface area contributed by atoms with Crippen molar-refractivity contribution in [3.63, 3.8) is 0 Å². The van der Waals surface area contributed by atoms with E-state index in [0.29, 0.717) is 10.8 Å². The van der Waals surface area contributed by atoms with Gasteiger partial charge in [0.25, 0.3) is 10.0 Å². The third kappa shape index (κ3) is 8.39. The minimum Gasteiger partial charge on any atom is -0.493 e. The topological polar surface area (TPSA) is 105 Å². The number of methoxy groups -OCH3 is 2. The Morgan fingerprint density at radius 1 is 0.952 bits per heavy atom. The van der Waals surface area contributed by atoms with Crippen LogP contribution in [0.3, 0.4) is 0 Å². The average molecular weight is 681 g/mol. The van der Waals surface area contributed by atoms with E-state index in [0.717, 1.165) is 14.3 Å². The van der Waals surface area contributed by atoms with Gasteiger partial charge in [-0.1, -0.05) is 39.7 Å². The monoisotopic (exact) mass is 679 g/mol. The van der Waals surface area contributed by atoms with E-state index in [1.807, 2.05) is 45.0 Å². The van der Waals surface area contributed by atoms with Crippen molar-refractivity contribution < 1.29 is 27.5 Å². The van der Waals surface area contributed by atoms with Gasteiger partial charge in [0, 0.05) is 27.6 Å². The van der Waals surface area contributed by atoms with Crippen molar-refractivity contribution in [2.24, 2.45) is 0 Å². The van der Waals surface area contributed by atoms with Crippen molar-refractivity contribution in [3.8, 4) is 11.5 Å². The molecule has 3 aromatic rings. The zero-order chi connectivity index (χ0) is 31.2. The molecule has 0 aliphatic carbocycles. The Balaban J connectivity index is 2.07. The number of hydrogen-bond donors (Lipinski definition) is 1. The summed E-state index contributed by atoms with van der Waals surface area (Å²) in [7, 11) is -1.46. The van der Waals surface area contributed by atoms with Crippen LogP contribution in [0.2, 0.25) is 5.02 Å². The number of sulfonamides is 1. The molecule has 0 heterocycles. The maximum atomic E-state index is 14.1. The van der Waals surface area contributed by atoms with Gasteiger partial charge in [-0.05, 0) is 81.8 Å². The van der Waals surface area contributed by atoms with Gasteiger partial charge in [-0.3, -0.25) is 13.9 Å². The lowest BCUT2D eigenvalue weighted by molar-refractivity contribution is -0.140. The zero-order valence-corrected chi connectivity index (χ0v) is 27.5. The van der Waals surface area contributed by atoms with Crippen LogP contribution in [0.5, 0.6) is 11.5 Å². The lowest BCUT2D eigenvalue weighted by atomic mass is 10.1. The Morgan fingerprint density at radius 2 is 1.55 bits per heavy atom. The molecule has 2 amide bonds. The van der Waals surface area contributed by atoms with E-state index in [1.54, 1.807) is 6.92 Å². The molecule has 42 heavy (non-hydrogen) atoms. The number of nitrogens with zero attached hydrogens (tertiary/aromatic N) is 2. The summed E-state index contributed by atoms with van der Waals surface area (Å²) in [6, 6.07) is 16.7. The molecule has 0 aliphatic heterocycles. The van der Waals surface area contributed by atoms with Crippen LogP contribution >= 0.6 is 27.5 Å². The van der Waals surface area contributed by atoms with Crippen LogP contribution in [0.25, 0.3) is 0 Å². The van der Waals surface area contributed by atoms with Crippen molar-refractivity contribution in [2.75, 3.05) is 25.1 Å². The fourth-order valence-electron chi connectivity index (χ4n) is 4.08. The summed E-state index contributed by atoms with van der Waals surface area (Å²) in [5, 5.41) is 3.31. The Morgan fingerprint density at radius 3 is 2.10 bits per heavy atom. The third-order valence-electron chi connectivity index (χ3n) is 6.27. The molecule has 3 rings (SSSR count). The molecule has 0 bridgehead atoms. The number of hydrogen-bond acceptors (Lipinski definition) is 6. The molecule has 1 atom stereocenters. The molecule has 0 fully saturated rings. The largest absolute Gasteiger partial charge is 0.493 e. The number of nitrogens with one attached hydrogen (secondary N) is 1. The van der Waals surface area contributed by atoms with Crippen molar-refractivity contribution in [1.29, 1.82) is 0 Å². The van der Waals surface area contributed by atoms with Crippen LogP contribution < -0.4 is 19.1 Å². The summed E-state index contributed by atoms with van der Waals surface area (Å²) in [6.07, 6.45) is 0. The molecule has 226 valence electrons. The number of rotatable bonds is 11. The highest BCUT2D eigenvalue weighted by Gasteiger charge is 2.33. The molecular formula is C30H35BrClN3O6S. The van der Waals surface area contributed by atoms with Gasteiger partial charge in [0.15, 0.2) is 11.5 Å². The third-order valence-corrected chi connectivity index (χ3v) is 8.82. The summed E-state index contributed by atoms with van der Waals surface area (Å²) < 4.78 is 40.6. The predicted octanol–water partition coefficient (Wildman–Crippen LogP) is 5.65. The number of halogens is 2. The second-order valence-corrected chi connectivity index (χ2v) is 13.8. The highest BCUT2D eigenvalue weighted by atomic mass is 79.9. The smallest absolute Gasteiger partial charge is 0.264 e. The Labute approximate surface area is 260 Å². The van der Waals surface area contributed by atoms with E-state index >= 15 is 0 Å². The van der Waals surface area contributed by atoms with E-state index in [2.05, 4.69) is 21.2 Å². The van der Waals surface area contributed by atoms with Gasteiger partial charge in [-0.25, -0.2) is 8.42 Å². The zero-order valence-electron chi connectivity index (χ0n) is 24.4. The first-order chi connectivity index (χ1) is 19.7. The fourth-order valence-corrected chi connectivity index (χ4v) is 5.90. The fraction of sp³-hybridized carbons (Fsp3) is 0.333. The average Bonchev–Trinajstić information content (AvgIpc) is 2.94. The molecule has 0 saturated carbocycles. The second-order valence-electron chi connectivity index (χ2n) is 10.6. The number of benzene rings is 3. The maximum Gasteiger partial charge on any atom is 0.264 e. The maximum absolute atomic E-state index is 14.1. The van der Waals surface area contributed by atoms with E-state index < -0.39 is 34.1 Å². The van der Waals surface area contributed by atoms with Crippen LogP contribution in [0.1, 0.15) is 33.3 Å². The lowest BCUT2D eigenvalue weighted by Crippen LogP contribution is -2.54. The Kier molecular flexibility index (Phi) is 10.9. The standard InChI is InChI=1S/C30H35BrClN3O6S/c1-20(29(37)33-30(2,3)4)34(18-21-7-9-22(31)10-8-21)28(36)19-35(24-13-11-23(32)12-14-24)42(38,39)25-15-16-26(40-5)27(17-25)41-6/h7-17,20H,18-19H2,1-6H3,(H,33,37). The van der Waals surface area contributed by atoms with Crippen molar-refractivity contribution >= 4 is 55.1 Å². The molecule has 0 spiro atoms. The molecule has 0 radical (unpaired) electrons. The minimum atomic E-state index is -4.31. The molecular weight excluding hydrogens is 646 g/mol. The molecule has 1 unspecified atom stereocenters. The second kappa shape index (κ2) is 13.8. The SMILES string of the molecule is COc1ccc(S(=O)(=O)N(CC(=O)N(Cc2ccc(Br)cc2)C(C)C(=O)NC(C)(C)C)c2ccc(Cl)cc2)cc1OC. The quantitative estimate of drug-likeness (QED) is 0.281. The first kappa shape index (κ1) is 33.2. The Bertz CT molecular complexity index is 1510. The summed E-state index contributed by atoms with van der Waals surface area (Å²) in [5.41, 5.74) is 0.449. The van der Waals surface area contributed by atoms with Crippen LogP contribution in [0.4, 0.5) is 5.69 Å². The number of carbonyl (C=O) groups is 2. The molecule has 1 N–H and O–H groups in total. The summed E-state index contributed by atoms with van der Waals surface area (Å²) in [4.78, 5) is 28.5. The lowest BCUT2D eigenvalue weighted by Gasteiger charge is -2.33. The predicted molar refractivity (Wildman–Crippen MR) is 168 cm³/mol. The van der Waals surface area contributed by atoms with Crippen LogP contribution in [-0.4, -0.2) is 57.5 Å². The van der Waals surface area contributed by atoms with Gasteiger partial charge >= 0.3 is 0 Å². The molecule has 0 aliphatic rings. The van der Waals surface area contributed by atoms with Crippen LogP contribution in [-0.2, 0) is 26.2 Å². The number of carbonyl (C=O) groups excluding carboxylic acids is 2. The van der Waals surface area contributed by atoms with Crippen molar-refractivity contribution in [1.82, 2.24) is 10.2 Å². The minimum absolute atomic E-state index is 0.0791. The number of anilines is 1. The highest BCUT2D eigenvalue weighted by Crippen LogP contribution is 2.32. The van der Waals surface area contributed by atoms with Gasteiger partial charge in [0.05, 0.1) is 24.8 Å². The van der Waals surface area contributed by atoms with Crippen LogP contribution in [0, 0.1) is 0 Å². The number of ether oxygens (including phenoxy) is 2. The summed E-state index contributed by atoms with van der Waals surface area (Å²) in [6.45, 7) is 6.65. The first-order valence-electron chi connectivity index (χ1n) is 13.0. The van der Waals surface area contributed by atoms with E-state index in [-0.39, 0.29) is 28.8 Å². The number of amides is 2. The van der Waals surface area contributed by atoms with Gasteiger partial charge in [-0.2, -0.15) is 0 Å². The highest BCUT2D eigenvalue weighted by molar-refractivity contribution is 9.10. The molecule has 0 saturated heterocycles. The van der Waals surface area contributed by atoms with E-state index in [1.165, 1.54) is 61.6 Å². The van der Waals surface area contributed by atoms with E-state index in [4.69, 9.17) is 21.1 Å². The first-order valence-corrected chi connectivity index (χ1v) is 15.6. The molecule has 3 aromatic carbocycles. The summed E-state index contributed by atoms with van der Waals surface area (Å²) in [5.74, 6) is -0.377. The van der Waals surface area contributed by atoms with Gasteiger partial charge in [0.2, 0.25) is 11.8 Å². The van der Waals surface area contributed by atoms with Crippen molar-refractivity contribution in [3.05, 3.63) is 81.8 Å². The normalized spacial score (nSPS) is 12.3. The van der Waals surface area contributed by atoms with Crippen LogP contribution in [0.15, 0.2) is 76.1 Å².